The first-order valence-corrected chi connectivity index (χ1v) is 7.23. The van der Waals surface area contributed by atoms with Crippen molar-refractivity contribution in [2.45, 2.75) is 51.6 Å². The quantitative estimate of drug-likeness (QED) is 0.818. The highest BCUT2D eigenvalue weighted by Gasteiger charge is 2.29. The van der Waals surface area contributed by atoms with E-state index < -0.39 is 0 Å². The Labute approximate surface area is 119 Å². The Kier molecular flexibility index (Phi) is 3.47. The van der Waals surface area contributed by atoms with Crippen molar-refractivity contribution in [2.24, 2.45) is 0 Å². The number of aromatic nitrogens is 2. The van der Waals surface area contributed by atoms with Crippen molar-refractivity contribution in [3.63, 3.8) is 0 Å². The molecule has 4 heteroatoms. The minimum absolute atomic E-state index is 0.222. The molecule has 0 saturated heterocycles. The highest BCUT2D eigenvalue weighted by atomic mass is 16.5. The fourth-order valence-corrected chi connectivity index (χ4v) is 2.11. The van der Waals surface area contributed by atoms with Gasteiger partial charge in [0.1, 0.15) is 5.75 Å². The third-order valence-electron chi connectivity index (χ3n) is 3.61. The van der Waals surface area contributed by atoms with E-state index in [0.717, 1.165) is 11.6 Å². The van der Waals surface area contributed by atoms with Crippen LogP contribution in [0.15, 0.2) is 28.8 Å². The molecule has 0 spiro atoms. The summed E-state index contributed by atoms with van der Waals surface area (Å²) in [5.74, 6) is 3.24. The lowest BCUT2D eigenvalue weighted by molar-refractivity contribution is 0.175. The average Bonchev–Trinajstić information content (AvgIpc) is 3.17. The second-order valence-corrected chi connectivity index (χ2v) is 5.75. The van der Waals surface area contributed by atoms with Gasteiger partial charge < -0.3 is 9.26 Å². The van der Waals surface area contributed by atoms with Crippen LogP contribution in [0.4, 0.5) is 0 Å². The first kappa shape index (κ1) is 13.2. The molecule has 2 aromatic rings. The van der Waals surface area contributed by atoms with E-state index in [1.165, 1.54) is 18.4 Å². The van der Waals surface area contributed by atoms with Gasteiger partial charge in [-0.2, -0.15) is 4.98 Å². The summed E-state index contributed by atoms with van der Waals surface area (Å²) >= 11 is 0. The molecule has 1 aromatic heterocycles. The molecule has 4 nitrogen and oxygen atoms in total. The number of ether oxygens (including phenoxy) is 1. The summed E-state index contributed by atoms with van der Waals surface area (Å²) in [6.07, 6.45) is 2.12. The summed E-state index contributed by atoms with van der Waals surface area (Å²) in [7, 11) is 0. The monoisotopic (exact) mass is 272 g/mol. The van der Waals surface area contributed by atoms with Gasteiger partial charge >= 0.3 is 0 Å². The van der Waals surface area contributed by atoms with Gasteiger partial charge in [-0.15, -0.1) is 0 Å². The van der Waals surface area contributed by atoms with Crippen molar-refractivity contribution in [3.05, 3.63) is 41.5 Å². The van der Waals surface area contributed by atoms with Gasteiger partial charge in [-0.25, -0.2) is 0 Å². The Hall–Kier alpha value is -1.84. The average molecular weight is 272 g/mol. The van der Waals surface area contributed by atoms with Crippen molar-refractivity contribution < 1.29 is 9.26 Å². The Balaban J connectivity index is 1.66. The number of rotatable bonds is 5. The maximum absolute atomic E-state index is 5.85. The Bertz CT molecular complexity index is 570. The standard InChI is InChI=1S/C16H20N2O2/c1-10(2)12-6-8-14(9-7-12)19-11(3)16-17-15(18-20-16)13-4-5-13/h6-11,13H,4-5H2,1-3H3. The predicted octanol–water partition coefficient (Wildman–Crippen LogP) is 4.21. The molecule has 1 aromatic carbocycles. The molecule has 106 valence electrons. The molecule has 1 atom stereocenters. The molecule has 1 aliphatic carbocycles. The van der Waals surface area contributed by atoms with Gasteiger partial charge in [-0.05, 0) is 43.4 Å². The molecule has 20 heavy (non-hydrogen) atoms. The van der Waals surface area contributed by atoms with Crippen LogP contribution in [0.25, 0.3) is 0 Å². The Morgan fingerprint density at radius 1 is 1.15 bits per heavy atom. The summed E-state index contributed by atoms with van der Waals surface area (Å²) in [6.45, 7) is 6.28. The van der Waals surface area contributed by atoms with E-state index in [0.29, 0.717) is 17.7 Å². The normalized spacial score (nSPS) is 16.4. The van der Waals surface area contributed by atoms with Crippen LogP contribution in [0.3, 0.4) is 0 Å². The maximum Gasteiger partial charge on any atom is 0.267 e. The molecule has 1 heterocycles. The largest absolute Gasteiger partial charge is 0.481 e. The van der Waals surface area contributed by atoms with Crippen LogP contribution in [-0.4, -0.2) is 10.1 Å². The lowest BCUT2D eigenvalue weighted by Crippen LogP contribution is -2.03. The van der Waals surface area contributed by atoms with Crippen LogP contribution in [0.1, 0.15) is 68.8 Å². The highest BCUT2D eigenvalue weighted by Crippen LogP contribution is 2.38. The van der Waals surface area contributed by atoms with Gasteiger partial charge in [0.2, 0.25) is 0 Å². The number of nitrogens with zero attached hydrogens (tertiary/aromatic N) is 2. The van der Waals surface area contributed by atoms with Gasteiger partial charge in [0.25, 0.3) is 5.89 Å². The van der Waals surface area contributed by atoms with Crippen LogP contribution in [-0.2, 0) is 0 Å². The van der Waals surface area contributed by atoms with E-state index >= 15 is 0 Å². The van der Waals surface area contributed by atoms with E-state index in [2.05, 4.69) is 36.1 Å². The summed E-state index contributed by atoms with van der Waals surface area (Å²) in [5.41, 5.74) is 1.30. The lowest BCUT2D eigenvalue weighted by Gasteiger charge is -2.12. The second kappa shape index (κ2) is 5.27. The summed E-state index contributed by atoms with van der Waals surface area (Å²) in [4.78, 5) is 4.41. The fraction of sp³-hybridized carbons (Fsp3) is 0.500. The summed E-state index contributed by atoms with van der Waals surface area (Å²) in [6, 6.07) is 8.17. The first-order chi connectivity index (χ1) is 9.63. The predicted molar refractivity (Wildman–Crippen MR) is 75.8 cm³/mol. The van der Waals surface area contributed by atoms with Crippen molar-refractivity contribution in [2.75, 3.05) is 0 Å². The summed E-state index contributed by atoms with van der Waals surface area (Å²) in [5, 5.41) is 4.01. The molecule has 0 bridgehead atoms. The zero-order valence-corrected chi connectivity index (χ0v) is 12.2. The molecular weight excluding hydrogens is 252 g/mol. The molecule has 0 amide bonds. The van der Waals surface area contributed by atoms with E-state index in [9.17, 15) is 0 Å². The van der Waals surface area contributed by atoms with Crippen LogP contribution in [0.5, 0.6) is 5.75 Å². The van der Waals surface area contributed by atoms with Crippen LogP contribution in [0.2, 0.25) is 0 Å². The van der Waals surface area contributed by atoms with Crippen LogP contribution >= 0.6 is 0 Å². The minimum atomic E-state index is -0.222. The number of hydrogen-bond acceptors (Lipinski definition) is 4. The molecule has 0 radical (unpaired) electrons. The van der Waals surface area contributed by atoms with Crippen LogP contribution in [0, 0.1) is 0 Å². The third kappa shape index (κ3) is 2.84. The van der Waals surface area contributed by atoms with E-state index in [1.54, 1.807) is 0 Å². The third-order valence-corrected chi connectivity index (χ3v) is 3.61. The Morgan fingerprint density at radius 2 is 1.85 bits per heavy atom. The van der Waals surface area contributed by atoms with Crippen LogP contribution < -0.4 is 4.74 Å². The smallest absolute Gasteiger partial charge is 0.267 e. The topological polar surface area (TPSA) is 48.2 Å². The van der Waals surface area contributed by atoms with E-state index in [-0.39, 0.29) is 6.10 Å². The number of benzene rings is 1. The fourth-order valence-electron chi connectivity index (χ4n) is 2.11. The van der Waals surface area contributed by atoms with E-state index in [4.69, 9.17) is 9.26 Å². The molecule has 0 aliphatic heterocycles. The van der Waals surface area contributed by atoms with Crippen molar-refractivity contribution in [3.8, 4) is 5.75 Å². The van der Waals surface area contributed by atoms with Gasteiger partial charge in [-0.1, -0.05) is 31.1 Å². The van der Waals surface area contributed by atoms with Gasteiger partial charge in [-0.3, -0.25) is 0 Å². The number of hydrogen-bond donors (Lipinski definition) is 0. The van der Waals surface area contributed by atoms with Crippen molar-refractivity contribution in [1.29, 1.82) is 0 Å². The van der Waals surface area contributed by atoms with Gasteiger partial charge in [0.15, 0.2) is 11.9 Å². The molecule has 0 N–H and O–H groups in total. The second-order valence-electron chi connectivity index (χ2n) is 5.75. The molecule has 1 saturated carbocycles. The zero-order valence-electron chi connectivity index (χ0n) is 12.2. The first-order valence-electron chi connectivity index (χ1n) is 7.23. The zero-order chi connectivity index (χ0) is 14.1. The van der Waals surface area contributed by atoms with Gasteiger partial charge in [0, 0.05) is 5.92 Å². The van der Waals surface area contributed by atoms with Crippen molar-refractivity contribution in [1.82, 2.24) is 10.1 Å². The van der Waals surface area contributed by atoms with Crippen molar-refractivity contribution >= 4 is 0 Å². The molecule has 1 aliphatic rings. The molecule has 1 unspecified atom stereocenters. The lowest BCUT2D eigenvalue weighted by atomic mass is 10.0. The summed E-state index contributed by atoms with van der Waals surface area (Å²) < 4.78 is 11.1. The minimum Gasteiger partial charge on any atom is -0.481 e. The van der Waals surface area contributed by atoms with Gasteiger partial charge in [0.05, 0.1) is 0 Å². The SMILES string of the molecule is CC(C)c1ccc(OC(C)c2nc(C3CC3)no2)cc1. The molecule has 3 rings (SSSR count). The van der Waals surface area contributed by atoms with E-state index in [1.807, 2.05) is 19.1 Å². The Morgan fingerprint density at radius 3 is 2.45 bits per heavy atom. The molecule has 1 fully saturated rings. The highest BCUT2D eigenvalue weighted by molar-refractivity contribution is 5.29. The maximum atomic E-state index is 5.85. The molecular formula is C16H20N2O2.